The number of aliphatic hydroxyl groups excluding tert-OH is 1. The topological polar surface area (TPSA) is 57.6 Å². The van der Waals surface area contributed by atoms with E-state index in [9.17, 15) is 12.8 Å². The van der Waals surface area contributed by atoms with Crippen LogP contribution in [0, 0.1) is 17.7 Å². The van der Waals surface area contributed by atoms with Crippen molar-refractivity contribution in [2.75, 3.05) is 19.7 Å². The van der Waals surface area contributed by atoms with Gasteiger partial charge >= 0.3 is 0 Å². The molecule has 0 aliphatic rings. The van der Waals surface area contributed by atoms with Gasteiger partial charge < -0.3 is 5.11 Å². The molecule has 0 amide bonds. The lowest BCUT2D eigenvalue weighted by molar-refractivity contribution is 0.350. The fraction of sp³-hybridized carbons (Fsp3) is 0.467. The second kappa shape index (κ2) is 8.13. The molecule has 6 heteroatoms. The first kappa shape index (κ1) is 17.6. The van der Waals surface area contributed by atoms with E-state index in [2.05, 4.69) is 11.8 Å². The number of halogens is 1. The maximum Gasteiger partial charge on any atom is 0.244 e. The zero-order chi connectivity index (χ0) is 15.9. The van der Waals surface area contributed by atoms with Crippen LogP contribution in [0.4, 0.5) is 4.39 Å². The highest BCUT2D eigenvalue weighted by Gasteiger charge is 2.25. The molecule has 1 rings (SSSR count). The molecular weight excluding hydrogens is 293 g/mol. The summed E-state index contributed by atoms with van der Waals surface area (Å²) < 4.78 is 40.1. The molecule has 0 aliphatic carbocycles. The zero-order valence-electron chi connectivity index (χ0n) is 12.3. The molecule has 0 unspecified atom stereocenters. The predicted molar refractivity (Wildman–Crippen MR) is 79.7 cm³/mol. The molecular formula is C15H20FNO3S. The Morgan fingerprint density at radius 1 is 1.24 bits per heavy atom. The molecule has 0 saturated heterocycles. The first-order valence-corrected chi connectivity index (χ1v) is 8.30. The first-order chi connectivity index (χ1) is 9.97. The lowest BCUT2D eigenvalue weighted by Gasteiger charge is -2.21. The third-order valence-corrected chi connectivity index (χ3v) is 4.76. The van der Waals surface area contributed by atoms with Gasteiger partial charge in [-0.3, -0.25) is 0 Å². The van der Waals surface area contributed by atoms with Gasteiger partial charge in [-0.15, -0.1) is 0 Å². The maximum atomic E-state index is 13.3. The smallest absolute Gasteiger partial charge is 0.244 e. The maximum absolute atomic E-state index is 13.3. The predicted octanol–water partition coefficient (Wildman–Crippen LogP) is 1.98. The Morgan fingerprint density at radius 2 is 1.86 bits per heavy atom. The number of hydrogen-bond donors (Lipinski definition) is 1. The monoisotopic (exact) mass is 313 g/mol. The van der Waals surface area contributed by atoms with E-state index in [1.165, 1.54) is 10.4 Å². The average Bonchev–Trinajstić information content (AvgIpc) is 2.44. The van der Waals surface area contributed by atoms with E-state index in [0.717, 1.165) is 12.1 Å². The molecule has 116 valence electrons. The van der Waals surface area contributed by atoms with Crippen molar-refractivity contribution in [2.24, 2.45) is 0 Å². The van der Waals surface area contributed by atoms with Crippen molar-refractivity contribution in [3.05, 3.63) is 29.6 Å². The summed E-state index contributed by atoms with van der Waals surface area (Å²) in [4.78, 5) is -0.0215. The van der Waals surface area contributed by atoms with Crippen molar-refractivity contribution >= 4 is 10.0 Å². The SMILES string of the molecule is CCCN(CCC)S(=O)(=O)c1ccc(F)cc1C#CCO. The van der Waals surface area contributed by atoms with Crippen LogP contribution < -0.4 is 0 Å². The van der Waals surface area contributed by atoms with Gasteiger partial charge in [-0.2, -0.15) is 4.31 Å². The molecule has 0 aromatic heterocycles. The van der Waals surface area contributed by atoms with Crippen LogP contribution in [0.5, 0.6) is 0 Å². The molecule has 0 atom stereocenters. The Kier molecular flexibility index (Phi) is 6.82. The summed E-state index contributed by atoms with van der Waals surface area (Å²) in [5.41, 5.74) is 0.0706. The molecule has 0 saturated carbocycles. The van der Waals surface area contributed by atoms with E-state index in [1.54, 1.807) is 0 Å². The standard InChI is InChI=1S/C15H20FNO3S/c1-3-9-17(10-4-2)21(19,20)15-8-7-14(16)12-13(15)6-5-11-18/h7-8,12,18H,3-4,9-11H2,1-2H3. The van der Waals surface area contributed by atoms with Gasteiger partial charge in [0.15, 0.2) is 0 Å². The quantitative estimate of drug-likeness (QED) is 0.817. The Bertz CT molecular complexity index is 626. The Hall–Kier alpha value is -1.42. The van der Waals surface area contributed by atoms with Crippen molar-refractivity contribution in [1.29, 1.82) is 0 Å². The van der Waals surface area contributed by atoms with Crippen LogP contribution in [0.25, 0.3) is 0 Å². The molecule has 1 aromatic carbocycles. The van der Waals surface area contributed by atoms with Crippen LogP contribution in [0.2, 0.25) is 0 Å². The second-order valence-corrected chi connectivity index (χ2v) is 6.41. The van der Waals surface area contributed by atoms with Gasteiger partial charge in [0.1, 0.15) is 12.4 Å². The number of rotatable bonds is 6. The first-order valence-electron chi connectivity index (χ1n) is 6.86. The van der Waals surface area contributed by atoms with Gasteiger partial charge in [0, 0.05) is 18.7 Å². The van der Waals surface area contributed by atoms with Crippen molar-refractivity contribution in [2.45, 2.75) is 31.6 Å². The van der Waals surface area contributed by atoms with E-state index in [1.807, 2.05) is 13.8 Å². The van der Waals surface area contributed by atoms with Gasteiger partial charge in [-0.05, 0) is 31.0 Å². The molecule has 4 nitrogen and oxygen atoms in total. The normalized spacial score (nSPS) is 11.3. The largest absolute Gasteiger partial charge is 0.384 e. The Labute approximate surface area is 125 Å². The Morgan fingerprint density at radius 3 is 2.38 bits per heavy atom. The average molecular weight is 313 g/mol. The highest BCUT2D eigenvalue weighted by molar-refractivity contribution is 7.89. The molecule has 1 N–H and O–H groups in total. The van der Waals surface area contributed by atoms with Crippen molar-refractivity contribution in [1.82, 2.24) is 4.31 Å². The van der Waals surface area contributed by atoms with Gasteiger partial charge in [0.05, 0.1) is 4.90 Å². The van der Waals surface area contributed by atoms with Gasteiger partial charge in [0.2, 0.25) is 10.0 Å². The lowest BCUT2D eigenvalue weighted by Crippen LogP contribution is -2.33. The number of sulfonamides is 1. The van der Waals surface area contributed by atoms with Crippen molar-refractivity contribution < 1.29 is 17.9 Å². The summed E-state index contributed by atoms with van der Waals surface area (Å²) in [7, 11) is -3.72. The number of nitrogens with zero attached hydrogens (tertiary/aromatic N) is 1. The lowest BCUT2D eigenvalue weighted by atomic mass is 10.2. The van der Waals surface area contributed by atoms with Crippen molar-refractivity contribution in [3.63, 3.8) is 0 Å². The summed E-state index contributed by atoms with van der Waals surface area (Å²) in [5, 5.41) is 8.74. The molecule has 21 heavy (non-hydrogen) atoms. The fourth-order valence-corrected chi connectivity index (χ4v) is 3.70. The highest BCUT2D eigenvalue weighted by Crippen LogP contribution is 2.21. The highest BCUT2D eigenvalue weighted by atomic mass is 32.2. The molecule has 0 fully saturated rings. The zero-order valence-corrected chi connectivity index (χ0v) is 13.1. The minimum atomic E-state index is -3.72. The Balaban J connectivity index is 3.35. The fourth-order valence-electron chi connectivity index (χ4n) is 1.95. The summed E-state index contributed by atoms with van der Waals surface area (Å²) >= 11 is 0. The van der Waals surface area contributed by atoms with Gasteiger partial charge in [-0.1, -0.05) is 25.7 Å². The van der Waals surface area contributed by atoms with E-state index in [0.29, 0.717) is 25.9 Å². The third-order valence-electron chi connectivity index (χ3n) is 2.81. The van der Waals surface area contributed by atoms with Crippen LogP contribution in [-0.4, -0.2) is 37.5 Å². The molecule has 0 aliphatic heterocycles. The van der Waals surface area contributed by atoms with Crippen LogP contribution in [0.3, 0.4) is 0 Å². The van der Waals surface area contributed by atoms with Gasteiger partial charge in [-0.25, -0.2) is 12.8 Å². The minimum Gasteiger partial charge on any atom is -0.384 e. The van der Waals surface area contributed by atoms with E-state index in [4.69, 9.17) is 5.11 Å². The number of aliphatic hydroxyl groups is 1. The molecule has 1 aromatic rings. The van der Waals surface area contributed by atoms with Crippen LogP contribution in [0.1, 0.15) is 32.3 Å². The van der Waals surface area contributed by atoms with Crippen LogP contribution in [-0.2, 0) is 10.0 Å². The van der Waals surface area contributed by atoms with Crippen molar-refractivity contribution in [3.8, 4) is 11.8 Å². The summed E-state index contributed by atoms with van der Waals surface area (Å²) in [6.07, 6.45) is 1.39. The minimum absolute atomic E-state index is 0.0215. The summed E-state index contributed by atoms with van der Waals surface area (Å²) in [6.45, 7) is 4.19. The third kappa shape index (κ3) is 4.53. The van der Waals surface area contributed by atoms with E-state index in [-0.39, 0.29) is 10.5 Å². The number of hydrogen-bond acceptors (Lipinski definition) is 3. The van der Waals surface area contributed by atoms with E-state index >= 15 is 0 Å². The van der Waals surface area contributed by atoms with Gasteiger partial charge in [0.25, 0.3) is 0 Å². The van der Waals surface area contributed by atoms with Crippen LogP contribution >= 0.6 is 0 Å². The van der Waals surface area contributed by atoms with E-state index < -0.39 is 22.4 Å². The second-order valence-electron chi connectivity index (χ2n) is 4.50. The number of benzene rings is 1. The molecule has 0 spiro atoms. The molecule has 0 radical (unpaired) electrons. The summed E-state index contributed by atoms with van der Waals surface area (Å²) in [6, 6.07) is 3.41. The molecule has 0 heterocycles. The van der Waals surface area contributed by atoms with Crippen LogP contribution in [0.15, 0.2) is 23.1 Å². The molecule has 0 bridgehead atoms. The summed E-state index contributed by atoms with van der Waals surface area (Å²) in [5.74, 6) is 4.30.